The number of aryl methyl sites for hydroxylation is 1. The van der Waals surface area contributed by atoms with Crippen molar-refractivity contribution < 1.29 is 14.6 Å². The molecule has 2 rings (SSSR count). The number of aliphatic hydroxyl groups excluding tert-OH is 1. The molecular formula is C12H16N3O5. The Hall–Kier alpha value is -1.93. The van der Waals surface area contributed by atoms with Crippen molar-refractivity contribution >= 4 is 5.91 Å². The van der Waals surface area contributed by atoms with Gasteiger partial charge in [-0.15, -0.1) is 0 Å². The zero-order chi connectivity index (χ0) is 14.9. The van der Waals surface area contributed by atoms with Crippen molar-refractivity contribution in [3.8, 4) is 0 Å². The van der Waals surface area contributed by atoms with Gasteiger partial charge in [-0.25, -0.2) is 4.79 Å². The number of H-pyrrole nitrogens is 1. The van der Waals surface area contributed by atoms with Gasteiger partial charge in [0.15, 0.2) is 0 Å². The Morgan fingerprint density at radius 3 is 2.95 bits per heavy atom. The summed E-state index contributed by atoms with van der Waals surface area (Å²) in [6.07, 6.45) is 0.420. The molecule has 1 aliphatic rings. The standard InChI is InChI=1S/C12H16N3O5/c1-6-4-15(12(19)14-11(6)18)10-3-8(13-7(2)17)9(5-16)20-10/h4,8-10,16H,2-3,5H2,1H3,(H,13,17)(H,14,18,19)/t8?,9-,10-/m1/s1. The third-order valence-electron chi connectivity index (χ3n) is 3.22. The summed E-state index contributed by atoms with van der Waals surface area (Å²) in [6, 6.07) is -0.436. The predicted molar refractivity (Wildman–Crippen MR) is 69.0 cm³/mol. The number of rotatable bonds is 3. The average molecular weight is 282 g/mol. The molecule has 3 atom stereocenters. The van der Waals surface area contributed by atoms with E-state index in [0.29, 0.717) is 12.0 Å². The molecule has 0 saturated carbocycles. The van der Waals surface area contributed by atoms with Crippen LogP contribution < -0.4 is 16.6 Å². The highest BCUT2D eigenvalue weighted by atomic mass is 16.5. The van der Waals surface area contributed by atoms with Gasteiger partial charge < -0.3 is 15.2 Å². The average Bonchev–Trinajstić information content (AvgIpc) is 2.75. The fourth-order valence-electron chi connectivity index (χ4n) is 2.23. The first-order valence-corrected chi connectivity index (χ1v) is 6.13. The van der Waals surface area contributed by atoms with Crippen molar-refractivity contribution in [2.45, 2.75) is 31.7 Å². The van der Waals surface area contributed by atoms with Crippen LogP contribution >= 0.6 is 0 Å². The van der Waals surface area contributed by atoms with Crippen molar-refractivity contribution in [1.82, 2.24) is 14.9 Å². The van der Waals surface area contributed by atoms with E-state index in [0.717, 1.165) is 0 Å². The summed E-state index contributed by atoms with van der Waals surface area (Å²) in [4.78, 5) is 36.3. The zero-order valence-electron chi connectivity index (χ0n) is 11.0. The molecule has 20 heavy (non-hydrogen) atoms. The highest BCUT2D eigenvalue weighted by molar-refractivity contribution is 5.80. The normalized spacial score (nSPS) is 25.6. The van der Waals surface area contributed by atoms with Gasteiger partial charge >= 0.3 is 5.69 Å². The molecule has 3 N–H and O–H groups in total. The van der Waals surface area contributed by atoms with Crippen molar-refractivity contribution in [1.29, 1.82) is 0 Å². The number of hydrogen-bond donors (Lipinski definition) is 3. The molecule has 1 aliphatic heterocycles. The molecule has 1 aromatic rings. The maximum atomic E-state index is 11.8. The summed E-state index contributed by atoms with van der Waals surface area (Å²) in [5, 5.41) is 11.8. The Labute approximate surface area is 114 Å². The quantitative estimate of drug-likeness (QED) is 0.620. The molecule has 0 bridgehead atoms. The lowest BCUT2D eigenvalue weighted by molar-refractivity contribution is -0.118. The molecule has 2 heterocycles. The minimum absolute atomic E-state index is 0.293. The lowest BCUT2D eigenvalue weighted by Gasteiger charge is -2.16. The molecule has 1 unspecified atom stereocenters. The van der Waals surface area contributed by atoms with E-state index in [1.165, 1.54) is 10.8 Å². The third kappa shape index (κ3) is 2.81. The van der Waals surface area contributed by atoms with Crippen molar-refractivity contribution in [2.24, 2.45) is 0 Å². The number of nitrogens with one attached hydrogen (secondary N) is 2. The second-order valence-corrected chi connectivity index (χ2v) is 4.70. The second-order valence-electron chi connectivity index (χ2n) is 4.70. The summed E-state index contributed by atoms with van der Waals surface area (Å²) >= 11 is 0. The molecule has 8 heteroatoms. The molecule has 1 radical (unpaired) electrons. The fourth-order valence-corrected chi connectivity index (χ4v) is 2.23. The van der Waals surface area contributed by atoms with E-state index in [9.17, 15) is 19.5 Å². The van der Waals surface area contributed by atoms with Crippen LogP contribution in [0, 0.1) is 13.8 Å². The van der Waals surface area contributed by atoms with Crippen LogP contribution in [0.25, 0.3) is 0 Å². The molecule has 1 amide bonds. The zero-order valence-corrected chi connectivity index (χ0v) is 11.0. The minimum Gasteiger partial charge on any atom is -0.394 e. The third-order valence-corrected chi connectivity index (χ3v) is 3.22. The molecule has 1 aromatic heterocycles. The van der Waals surface area contributed by atoms with Crippen molar-refractivity contribution in [2.75, 3.05) is 6.61 Å². The molecule has 1 saturated heterocycles. The highest BCUT2D eigenvalue weighted by Gasteiger charge is 2.36. The van der Waals surface area contributed by atoms with Gasteiger partial charge in [0.05, 0.1) is 12.6 Å². The molecule has 0 aliphatic carbocycles. The van der Waals surface area contributed by atoms with E-state index in [1.807, 2.05) is 0 Å². The lowest BCUT2D eigenvalue weighted by atomic mass is 10.1. The summed E-state index contributed by atoms with van der Waals surface area (Å²) in [5.74, 6) is -0.484. The van der Waals surface area contributed by atoms with Gasteiger partial charge in [0, 0.05) is 25.1 Å². The molecule has 8 nitrogen and oxygen atoms in total. The van der Waals surface area contributed by atoms with Gasteiger partial charge in [-0.1, -0.05) is 0 Å². The predicted octanol–water partition coefficient (Wildman–Crippen LogP) is -1.56. The van der Waals surface area contributed by atoms with Gasteiger partial charge in [-0.05, 0) is 6.92 Å². The van der Waals surface area contributed by atoms with Crippen molar-refractivity contribution in [3.05, 3.63) is 39.5 Å². The summed E-state index contributed by atoms with van der Waals surface area (Å²) in [6.45, 7) is 4.49. The molecule has 0 aromatic carbocycles. The van der Waals surface area contributed by atoms with E-state index >= 15 is 0 Å². The minimum atomic E-state index is -0.660. The monoisotopic (exact) mass is 282 g/mol. The maximum Gasteiger partial charge on any atom is 0.330 e. The van der Waals surface area contributed by atoms with Crippen LogP contribution in [-0.2, 0) is 9.53 Å². The number of nitrogens with zero attached hydrogens (tertiary/aromatic N) is 1. The van der Waals surface area contributed by atoms with Gasteiger partial charge in [0.1, 0.15) is 12.3 Å². The van der Waals surface area contributed by atoms with Crippen LogP contribution in [0.5, 0.6) is 0 Å². The first-order valence-electron chi connectivity index (χ1n) is 6.13. The van der Waals surface area contributed by atoms with Gasteiger partial charge in [-0.3, -0.25) is 19.1 Å². The number of carbonyl (C=O) groups is 1. The number of aliphatic hydroxyl groups is 1. The van der Waals surface area contributed by atoms with Gasteiger partial charge in [0.25, 0.3) is 5.56 Å². The van der Waals surface area contributed by atoms with Crippen LogP contribution in [-0.4, -0.2) is 39.3 Å². The topological polar surface area (TPSA) is 113 Å². The molecule has 0 spiro atoms. The SMILES string of the molecule is [CH2]C(=O)NC1C[C@H](n2cc(C)c(=O)[nH]c2=O)O[C@@H]1CO. The Bertz CT molecular complexity index is 620. The number of aromatic nitrogens is 2. The Morgan fingerprint density at radius 1 is 1.65 bits per heavy atom. The van der Waals surface area contributed by atoms with Crippen LogP contribution in [0.1, 0.15) is 18.2 Å². The van der Waals surface area contributed by atoms with E-state index < -0.39 is 35.5 Å². The number of amides is 1. The lowest BCUT2D eigenvalue weighted by Crippen LogP contribution is -2.40. The number of carbonyl (C=O) groups excluding carboxylic acids is 1. The van der Waals surface area contributed by atoms with Crippen LogP contribution in [0.3, 0.4) is 0 Å². The highest BCUT2D eigenvalue weighted by Crippen LogP contribution is 2.27. The van der Waals surface area contributed by atoms with Crippen LogP contribution in [0.15, 0.2) is 15.8 Å². The molecular weight excluding hydrogens is 266 g/mol. The van der Waals surface area contributed by atoms with Crippen LogP contribution in [0.4, 0.5) is 0 Å². The Morgan fingerprint density at radius 2 is 2.35 bits per heavy atom. The van der Waals surface area contributed by atoms with Gasteiger partial charge in [0.2, 0.25) is 5.91 Å². The molecule has 1 fully saturated rings. The maximum absolute atomic E-state index is 11.8. The number of hydrogen-bond acceptors (Lipinski definition) is 5. The fraction of sp³-hybridized carbons (Fsp3) is 0.500. The van der Waals surface area contributed by atoms with Crippen molar-refractivity contribution in [3.63, 3.8) is 0 Å². The summed E-state index contributed by atoms with van der Waals surface area (Å²) < 4.78 is 6.78. The summed E-state index contributed by atoms with van der Waals surface area (Å²) in [5.41, 5.74) is -0.673. The first-order chi connectivity index (χ1) is 9.42. The molecule has 109 valence electrons. The summed E-state index contributed by atoms with van der Waals surface area (Å²) in [7, 11) is 0. The Kier molecular flexibility index (Phi) is 4.05. The van der Waals surface area contributed by atoms with E-state index in [2.05, 4.69) is 17.2 Å². The Balaban J connectivity index is 2.27. The number of aromatic amines is 1. The second kappa shape index (κ2) is 5.59. The van der Waals surface area contributed by atoms with E-state index in [-0.39, 0.29) is 6.61 Å². The largest absolute Gasteiger partial charge is 0.394 e. The number of ether oxygens (including phenoxy) is 1. The van der Waals surface area contributed by atoms with Crippen LogP contribution in [0.2, 0.25) is 0 Å². The van der Waals surface area contributed by atoms with Gasteiger partial charge in [-0.2, -0.15) is 0 Å². The van der Waals surface area contributed by atoms with E-state index in [1.54, 1.807) is 6.92 Å². The smallest absolute Gasteiger partial charge is 0.330 e. The first kappa shape index (κ1) is 14.5. The van der Waals surface area contributed by atoms with E-state index in [4.69, 9.17) is 4.74 Å².